The van der Waals surface area contributed by atoms with Crippen molar-refractivity contribution in [2.24, 2.45) is 17.1 Å². The largest absolute Gasteiger partial charge is 0.327 e. The Hall–Kier alpha value is -0.820. The van der Waals surface area contributed by atoms with Gasteiger partial charge in [0.1, 0.15) is 0 Å². The van der Waals surface area contributed by atoms with Crippen LogP contribution in [0.25, 0.3) is 0 Å². The van der Waals surface area contributed by atoms with Crippen molar-refractivity contribution in [1.82, 2.24) is 0 Å². The Bertz CT molecular complexity index is 410. The molecule has 0 aromatic heterocycles. The zero-order chi connectivity index (χ0) is 15.9. The van der Waals surface area contributed by atoms with E-state index in [0.717, 1.165) is 0 Å². The molecule has 1 rings (SSSR count). The molecule has 0 radical (unpaired) electrons. The van der Waals surface area contributed by atoms with Crippen LogP contribution in [0.4, 0.5) is 0 Å². The fraction of sp³-hybridized carbons (Fsp3) is 0.700. The lowest BCUT2D eigenvalue weighted by Crippen LogP contribution is -2.19. The molecule has 0 heterocycles. The maximum absolute atomic E-state index is 5.54. The third kappa shape index (κ3) is 6.22. The van der Waals surface area contributed by atoms with Crippen molar-refractivity contribution in [3.8, 4) is 0 Å². The van der Waals surface area contributed by atoms with E-state index in [9.17, 15) is 0 Å². The number of nitrogens with two attached hydrogens (primary N) is 1. The van der Waals surface area contributed by atoms with Crippen LogP contribution in [0.15, 0.2) is 34.9 Å². The Morgan fingerprint density at radius 3 is 2.71 bits per heavy atom. The second kappa shape index (κ2) is 8.58. The molecule has 1 unspecified atom stereocenters. The van der Waals surface area contributed by atoms with Gasteiger partial charge in [0.25, 0.3) is 0 Å². The molecule has 0 amide bonds. The van der Waals surface area contributed by atoms with Crippen LogP contribution in [0.3, 0.4) is 0 Å². The predicted octanol–water partition coefficient (Wildman–Crippen LogP) is 5.78. The lowest BCUT2D eigenvalue weighted by molar-refractivity contribution is 0.376. The van der Waals surface area contributed by atoms with Gasteiger partial charge in [-0.15, -0.1) is 0 Å². The highest BCUT2D eigenvalue weighted by molar-refractivity contribution is 5.32. The third-order valence-electron chi connectivity index (χ3n) is 4.83. The molecule has 0 aromatic rings. The first kappa shape index (κ1) is 18.2. The van der Waals surface area contributed by atoms with Gasteiger partial charge in [-0.25, -0.2) is 0 Å². The van der Waals surface area contributed by atoms with E-state index in [1.54, 1.807) is 11.1 Å². The summed E-state index contributed by atoms with van der Waals surface area (Å²) in [6.45, 7) is 12.3. The summed E-state index contributed by atoms with van der Waals surface area (Å²) in [5, 5.41) is 0. The molecule has 1 heteroatoms. The molecule has 2 N–H and O–H groups in total. The van der Waals surface area contributed by atoms with E-state index in [4.69, 9.17) is 5.73 Å². The highest BCUT2D eigenvalue weighted by Gasteiger charge is 2.26. The van der Waals surface area contributed by atoms with Crippen LogP contribution in [-0.4, -0.2) is 6.54 Å². The van der Waals surface area contributed by atoms with E-state index < -0.39 is 0 Å². The van der Waals surface area contributed by atoms with E-state index in [0.29, 0.717) is 17.9 Å². The maximum atomic E-state index is 5.54. The Kier molecular flexibility index (Phi) is 7.45. The van der Waals surface area contributed by atoms with Crippen molar-refractivity contribution in [2.45, 2.75) is 73.1 Å². The van der Waals surface area contributed by atoms with Crippen molar-refractivity contribution in [3.05, 3.63) is 34.9 Å². The molecule has 0 saturated carbocycles. The van der Waals surface area contributed by atoms with Crippen LogP contribution in [0.5, 0.6) is 0 Å². The summed E-state index contributed by atoms with van der Waals surface area (Å²) in [6.07, 6.45) is 14.6. The summed E-state index contributed by atoms with van der Waals surface area (Å²) < 4.78 is 0. The van der Waals surface area contributed by atoms with Gasteiger partial charge < -0.3 is 5.73 Å². The fourth-order valence-electron chi connectivity index (χ4n) is 3.37. The molecular formula is C20H35N. The van der Waals surface area contributed by atoms with Gasteiger partial charge in [0, 0.05) is 6.54 Å². The minimum absolute atomic E-state index is 0.360. The summed E-state index contributed by atoms with van der Waals surface area (Å²) in [7, 11) is 0. The first-order valence-electron chi connectivity index (χ1n) is 8.61. The van der Waals surface area contributed by atoms with Gasteiger partial charge in [0.2, 0.25) is 0 Å². The predicted molar refractivity (Wildman–Crippen MR) is 95.3 cm³/mol. The Labute approximate surface area is 132 Å². The topological polar surface area (TPSA) is 26.0 Å². The van der Waals surface area contributed by atoms with Crippen molar-refractivity contribution < 1.29 is 0 Å². The van der Waals surface area contributed by atoms with Crippen molar-refractivity contribution in [3.63, 3.8) is 0 Å². The molecule has 0 aromatic carbocycles. The Balaban J connectivity index is 2.50. The van der Waals surface area contributed by atoms with Gasteiger partial charge >= 0.3 is 0 Å². The van der Waals surface area contributed by atoms with E-state index in [1.807, 2.05) is 0 Å². The minimum atomic E-state index is 0.360. The Morgan fingerprint density at radius 2 is 2.10 bits per heavy atom. The van der Waals surface area contributed by atoms with Crippen LogP contribution < -0.4 is 5.73 Å². The van der Waals surface area contributed by atoms with Crippen LogP contribution in [0.2, 0.25) is 0 Å². The second-order valence-electron chi connectivity index (χ2n) is 7.45. The fourth-order valence-corrected chi connectivity index (χ4v) is 3.37. The number of hydrogen-bond donors (Lipinski definition) is 1. The molecular weight excluding hydrogens is 254 g/mol. The van der Waals surface area contributed by atoms with E-state index in [1.165, 1.54) is 44.1 Å². The summed E-state index contributed by atoms with van der Waals surface area (Å²) in [6, 6.07) is 0. The highest BCUT2D eigenvalue weighted by atomic mass is 14.5. The van der Waals surface area contributed by atoms with Crippen LogP contribution in [-0.2, 0) is 0 Å². The van der Waals surface area contributed by atoms with E-state index in [-0.39, 0.29) is 0 Å². The zero-order valence-electron chi connectivity index (χ0n) is 14.8. The first-order valence-corrected chi connectivity index (χ1v) is 8.61. The molecule has 0 saturated heterocycles. The number of hydrogen-bond acceptors (Lipinski definition) is 1. The standard InChI is InChI=1S/C20H35N/c1-16(8-6-9-17(2)13-15-21)11-12-19-18(3)10-7-14-20(19,4)5/h11-13,16H,6-10,14-15,21H2,1-5H3/b12-11+,17-13-. The lowest BCUT2D eigenvalue weighted by atomic mass is 9.72. The molecule has 1 nitrogen and oxygen atoms in total. The number of rotatable bonds is 7. The minimum Gasteiger partial charge on any atom is -0.327 e. The molecule has 0 aliphatic heterocycles. The average Bonchev–Trinajstić information content (AvgIpc) is 2.37. The van der Waals surface area contributed by atoms with E-state index in [2.05, 4.69) is 52.8 Å². The van der Waals surface area contributed by atoms with Gasteiger partial charge in [-0.1, -0.05) is 50.1 Å². The molecule has 0 fully saturated rings. The summed E-state index contributed by atoms with van der Waals surface area (Å²) in [4.78, 5) is 0. The first-order chi connectivity index (χ1) is 9.86. The third-order valence-corrected chi connectivity index (χ3v) is 4.83. The van der Waals surface area contributed by atoms with Gasteiger partial charge in [-0.05, 0) is 69.3 Å². The maximum Gasteiger partial charge on any atom is 0.0109 e. The summed E-state index contributed by atoms with van der Waals surface area (Å²) in [5.74, 6) is 0.661. The molecule has 1 aliphatic rings. The van der Waals surface area contributed by atoms with E-state index >= 15 is 0 Å². The average molecular weight is 290 g/mol. The second-order valence-corrected chi connectivity index (χ2v) is 7.45. The van der Waals surface area contributed by atoms with Crippen LogP contribution >= 0.6 is 0 Å². The zero-order valence-corrected chi connectivity index (χ0v) is 14.8. The van der Waals surface area contributed by atoms with Gasteiger partial charge in [-0.2, -0.15) is 0 Å². The van der Waals surface area contributed by atoms with Crippen molar-refractivity contribution in [1.29, 1.82) is 0 Å². The van der Waals surface area contributed by atoms with Crippen molar-refractivity contribution >= 4 is 0 Å². The summed E-state index contributed by atoms with van der Waals surface area (Å²) in [5.41, 5.74) is 10.5. The molecule has 21 heavy (non-hydrogen) atoms. The molecule has 0 bridgehead atoms. The van der Waals surface area contributed by atoms with Crippen LogP contribution in [0.1, 0.15) is 73.1 Å². The summed E-state index contributed by atoms with van der Waals surface area (Å²) >= 11 is 0. The smallest absolute Gasteiger partial charge is 0.0109 e. The normalized spacial score (nSPS) is 21.1. The molecule has 1 aliphatic carbocycles. The van der Waals surface area contributed by atoms with Gasteiger partial charge in [0.05, 0.1) is 0 Å². The molecule has 1 atom stereocenters. The highest BCUT2D eigenvalue weighted by Crippen LogP contribution is 2.40. The number of allylic oxidation sites excluding steroid dienone is 5. The quantitative estimate of drug-likeness (QED) is 0.591. The van der Waals surface area contributed by atoms with Crippen molar-refractivity contribution in [2.75, 3.05) is 6.54 Å². The Morgan fingerprint density at radius 1 is 1.38 bits per heavy atom. The lowest BCUT2D eigenvalue weighted by Gasteiger charge is -2.33. The molecule has 0 spiro atoms. The van der Waals surface area contributed by atoms with Crippen LogP contribution in [0, 0.1) is 11.3 Å². The van der Waals surface area contributed by atoms with Gasteiger partial charge in [-0.3, -0.25) is 0 Å². The monoisotopic (exact) mass is 289 g/mol. The SMILES string of the molecule is CC1=C(/C=C/C(C)CCC/C(C)=C\CN)C(C)(C)CCC1. The van der Waals surface area contributed by atoms with Gasteiger partial charge in [0.15, 0.2) is 0 Å². The molecule has 120 valence electrons.